The maximum atomic E-state index is 12.6. The molecule has 3 rings (SSSR count). The number of nitrogens with one attached hydrogen (secondary N) is 2. The fourth-order valence-corrected chi connectivity index (χ4v) is 4.27. The molecular formula is C24H28N2O7S. The van der Waals surface area contributed by atoms with Crippen molar-refractivity contribution in [2.75, 3.05) is 32.3 Å². The second-order valence-electron chi connectivity index (χ2n) is 7.67. The van der Waals surface area contributed by atoms with Crippen molar-refractivity contribution in [1.82, 2.24) is 10.8 Å². The third kappa shape index (κ3) is 6.28. The van der Waals surface area contributed by atoms with Crippen molar-refractivity contribution in [2.24, 2.45) is 0 Å². The molecule has 10 heteroatoms. The molecule has 0 aliphatic heterocycles. The van der Waals surface area contributed by atoms with Gasteiger partial charge in [0, 0.05) is 13.0 Å². The highest BCUT2D eigenvalue weighted by atomic mass is 32.2. The van der Waals surface area contributed by atoms with Crippen LogP contribution in [0.25, 0.3) is 11.1 Å². The molecule has 0 aromatic heterocycles. The third-order valence-electron chi connectivity index (χ3n) is 5.46. The predicted molar refractivity (Wildman–Crippen MR) is 128 cm³/mol. The molecule has 0 spiro atoms. The lowest BCUT2D eigenvalue weighted by molar-refractivity contribution is -0.165. The smallest absolute Gasteiger partial charge is 0.407 e. The highest BCUT2D eigenvalue weighted by Gasteiger charge is 2.30. The van der Waals surface area contributed by atoms with Gasteiger partial charge in [0.15, 0.2) is 0 Å². The van der Waals surface area contributed by atoms with E-state index in [-0.39, 0.29) is 19.1 Å². The zero-order valence-electron chi connectivity index (χ0n) is 19.0. The zero-order chi connectivity index (χ0) is 24.5. The molecule has 2 aromatic carbocycles. The van der Waals surface area contributed by atoms with E-state index in [2.05, 4.69) is 10.8 Å². The van der Waals surface area contributed by atoms with Gasteiger partial charge in [-0.25, -0.2) is 15.1 Å². The first kappa shape index (κ1) is 25.5. The maximum Gasteiger partial charge on any atom is 0.407 e. The molecule has 0 radical (unpaired) electrons. The lowest BCUT2D eigenvalue weighted by Crippen LogP contribution is -2.49. The number of benzene rings is 2. The highest BCUT2D eigenvalue weighted by molar-refractivity contribution is 7.98. The number of thioether (sulfide) groups is 1. The van der Waals surface area contributed by atoms with Gasteiger partial charge in [0.25, 0.3) is 5.91 Å². The topological polar surface area (TPSA) is 123 Å². The fourth-order valence-electron chi connectivity index (χ4n) is 3.79. The van der Waals surface area contributed by atoms with Crippen molar-refractivity contribution < 1.29 is 33.8 Å². The van der Waals surface area contributed by atoms with E-state index in [1.165, 1.54) is 18.9 Å². The molecule has 0 bridgehead atoms. The number of rotatable bonds is 12. The summed E-state index contributed by atoms with van der Waals surface area (Å²) in [5, 5.41) is 11.7. The Morgan fingerprint density at radius 3 is 2.24 bits per heavy atom. The van der Waals surface area contributed by atoms with Gasteiger partial charge in [0.1, 0.15) is 12.6 Å². The standard InChI is InChI=1S/C24H28N2O7S/c1-31-14-21(23(28)29)33-26-22(27)20(11-12-34-2)25-24(30)32-13-19-17-9-5-3-7-15(17)16-8-4-6-10-18(16)19/h3-10,19-21H,11-14H2,1-2H3,(H,25,30)(H,26,27)(H,28,29)/t20-,21?/m0/s1. The summed E-state index contributed by atoms with van der Waals surface area (Å²) in [5.74, 6) is -1.48. The van der Waals surface area contributed by atoms with Gasteiger partial charge in [0.05, 0.1) is 6.61 Å². The van der Waals surface area contributed by atoms with E-state index in [1.54, 1.807) is 0 Å². The largest absolute Gasteiger partial charge is 0.479 e. The average Bonchev–Trinajstić information content (AvgIpc) is 3.16. The molecule has 2 aromatic rings. The molecule has 182 valence electrons. The summed E-state index contributed by atoms with van der Waals surface area (Å²) in [6.07, 6.45) is 0.0693. The van der Waals surface area contributed by atoms with Gasteiger partial charge < -0.3 is 19.9 Å². The Morgan fingerprint density at radius 2 is 1.68 bits per heavy atom. The molecule has 0 saturated heterocycles. The normalized spacial score (nSPS) is 13.9. The number of hydrogen-bond donors (Lipinski definition) is 3. The van der Waals surface area contributed by atoms with E-state index in [0.717, 1.165) is 22.3 Å². The summed E-state index contributed by atoms with van der Waals surface area (Å²) >= 11 is 1.50. The molecule has 0 fully saturated rings. The first-order valence-corrected chi connectivity index (χ1v) is 12.1. The van der Waals surface area contributed by atoms with Crippen LogP contribution in [0.1, 0.15) is 23.5 Å². The summed E-state index contributed by atoms with van der Waals surface area (Å²) in [6, 6.07) is 15.0. The Morgan fingerprint density at radius 1 is 1.06 bits per heavy atom. The molecular weight excluding hydrogens is 460 g/mol. The number of amides is 2. The van der Waals surface area contributed by atoms with Crippen LogP contribution in [0.5, 0.6) is 0 Å². The number of hydroxylamine groups is 1. The quantitative estimate of drug-likeness (QED) is 0.390. The Kier molecular flexibility index (Phi) is 9.32. The maximum absolute atomic E-state index is 12.6. The number of carbonyl (C=O) groups is 3. The highest BCUT2D eigenvalue weighted by Crippen LogP contribution is 2.44. The molecule has 2 atom stereocenters. The number of carbonyl (C=O) groups excluding carboxylic acids is 2. The van der Waals surface area contributed by atoms with Crippen LogP contribution < -0.4 is 10.8 Å². The number of methoxy groups -OCH3 is 1. The minimum absolute atomic E-state index is 0.106. The Labute approximate surface area is 202 Å². The van der Waals surface area contributed by atoms with E-state index in [0.29, 0.717) is 12.2 Å². The number of ether oxygens (including phenoxy) is 2. The summed E-state index contributed by atoms with van der Waals surface area (Å²) in [7, 11) is 1.32. The molecule has 34 heavy (non-hydrogen) atoms. The summed E-state index contributed by atoms with van der Waals surface area (Å²) in [4.78, 5) is 41.2. The predicted octanol–water partition coefficient (Wildman–Crippen LogP) is 2.79. The number of fused-ring (bicyclic) bond motifs is 3. The number of carboxylic acids is 1. The van der Waals surface area contributed by atoms with Crippen LogP contribution in [0.2, 0.25) is 0 Å². The van der Waals surface area contributed by atoms with Crippen molar-refractivity contribution in [2.45, 2.75) is 24.5 Å². The number of aliphatic carboxylic acids is 1. The van der Waals surface area contributed by atoms with Crippen LogP contribution in [-0.4, -0.2) is 67.6 Å². The SMILES string of the molecule is COCC(ONC(=O)[C@H](CCSC)NC(=O)OCC1c2ccccc2-c2ccccc21)C(=O)O. The van der Waals surface area contributed by atoms with Crippen LogP contribution in [0, 0.1) is 0 Å². The molecule has 9 nitrogen and oxygen atoms in total. The van der Waals surface area contributed by atoms with E-state index in [1.807, 2.05) is 54.8 Å². The van der Waals surface area contributed by atoms with E-state index >= 15 is 0 Å². The van der Waals surface area contributed by atoms with Crippen LogP contribution in [0.15, 0.2) is 48.5 Å². The summed E-state index contributed by atoms with van der Waals surface area (Å²) in [6.45, 7) is -0.132. The van der Waals surface area contributed by atoms with Gasteiger partial charge in [-0.1, -0.05) is 48.5 Å². The van der Waals surface area contributed by atoms with Crippen molar-refractivity contribution in [3.8, 4) is 11.1 Å². The van der Waals surface area contributed by atoms with Gasteiger partial charge in [0.2, 0.25) is 6.10 Å². The van der Waals surface area contributed by atoms with Gasteiger partial charge in [-0.15, -0.1) is 0 Å². The molecule has 1 unspecified atom stereocenters. The second kappa shape index (κ2) is 12.4. The van der Waals surface area contributed by atoms with Crippen LogP contribution in [-0.2, 0) is 23.9 Å². The zero-order valence-corrected chi connectivity index (χ0v) is 19.8. The molecule has 0 heterocycles. The van der Waals surface area contributed by atoms with Crippen molar-refractivity contribution in [1.29, 1.82) is 0 Å². The van der Waals surface area contributed by atoms with Crippen LogP contribution in [0.4, 0.5) is 4.79 Å². The molecule has 3 N–H and O–H groups in total. The van der Waals surface area contributed by atoms with Gasteiger partial charge in [-0.2, -0.15) is 11.8 Å². The molecule has 2 amide bonds. The van der Waals surface area contributed by atoms with Gasteiger partial charge >= 0.3 is 12.1 Å². The number of hydrogen-bond acceptors (Lipinski definition) is 7. The van der Waals surface area contributed by atoms with Gasteiger partial charge in [-0.3, -0.25) is 9.63 Å². The van der Waals surface area contributed by atoms with Crippen molar-refractivity contribution >= 4 is 29.7 Å². The average molecular weight is 489 g/mol. The lowest BCUT2D eigenvalue weighted by atomic mass is 9.98. The Bertz CT molecular complexity index is 971. The number of carboxylic acid groups (broad SMARTS) is 1. The minimum atomic E-state index is -1.37. The third-order valence-corrected chi connectivity index (χ3v) is 6.10. The first-order valence-electron chi connectivity index (χ1n) is 10.7. The monoisotopic (exact) mass is 488 g/mol. The molecule has 1 aliphatic carbocycles. The molecule has 1 aliphatic rings. The van der Waals surface area contributed by atoms with Crippen LogP contribution in [0.3, 0.4) is 0 Å². The molecule has 0 saturated carbocycles. The van der Waals surface area contributed by atoms with Crippen molar-refractivity contribution in [3.05, 3.63) is 59.7 Å². The Hall–Kier alpha value is -3.08. The number of alkyl carbamates (subject to hydrolysis) is 1. The van der Waals surface area contributed by atoms with E-state index in [9.17, 15) is 14.4 Å². The van der Waals surface area contributed by atoms with Crippen LogP contribution >= 0.6 is 11.8 Å². The summed E-state index contributed by atoms with van der Waals surface area (Å²) < 4.78 is 10.3. The first-order chi connectivity index (χ1) is 16.5. The minimum Gasteiger partial charge on any atom is -0.479 e. The Balaban J connectivity index is 1.61. The van der Waals surface area contributed by atoms with E-state index < -0.39 is 30.1 Å². The second-order valence-corrected chi connectivity index (χ2v) is 8.66. The fraction of sp³-hybridized carbons (Fsp3) is 0.375. The van der Waals surface area contributed by atoms with Gasteiger partial charge in [-0.05, 0) is 40.7 Å². The van der Waals surface area contributed by atoms with Crippen molar-refractivity contribution in [3.63, 3.8) is 0 Å². The van der Waals surface area contributed by atoms with E-state index in [4.69, 9.17) is 19.4 Å². The lowest BCUT2D eigenvalue weighted by Gasteiger charge is -2.20. The summed E-state index contributed by atoms with van der Waals surface area (Å²) in [5.41, 5.74) is 6.51.